The van der Waals surface area contributed by atoms with Gasteiger partial charge in [0.25, 0.3) is 0 Å². The summed E-state index contributed by atoms with van der Waals surface area (Å²) in [4.78, 5) is 2.58. The highest BCUT2D eigenvalue weighted by Crippen LogP contribution is 2.37. The van der Waals surface area contributed by atoms with Crippen LogP contribution >= 0.6 is 0 Å². The topological polar surface area (TPSA) is 39.1 Å². The van der Waals surface area contributed by atoms with Crippen LogP contribution in [0.5, 0.6) is 0 Å². The van der Waals surface area contributed by atoms with Gasteiger partial charge in [-0.3, -0.25) is 10.2 Å². The Kier molecular flexibility index (Phi) is 3.82. The highest BCUT2D eigenvalue weighted by atomic mass is 15.3. The zero-order chi connectivity index (χ0) is 13.3. The molecule has 2 atom stereocenters. The quantitative estimate of drug-likeness (QED) is 0.794. The summed E-state index contributed by atoms with van der Waals surface area (Å²) in [6.07, 6.45) is 11.6. The van der Waals surface area contributed by atoms with Crippen molar-refractivity contribution < 1.29 is 0 Å². The largest absolute Gasteiger partial charge is 0.295 e. The van der Waals surface area contributed by atoms with Gasteiger partial charge in [0, 0.05) is 24.7 Å². The molecule has 3 nitrogen and oxygen atoms in total. The van der Waals surface area contributed by atoms with Gasteiger partial charge in [-0.25, -0.2) is 0 Å². The minimum absolute atomic E-state index is 0.267. The Morgan fingerprint density at radius 2 is 1.79 bits per heavy atom. The van der Waals surface area contributed by atoms with Gasteiger partial charge in [0.2, 0.25) is 0 Å². The number of rotatable bonds is 3. The number of likely N-dealkylation sites (tertiary alicyclic amines) is 1. The molecule has 0 aromatic rings. The molecule has 0 radical (unpaired) electrons. The summed E-state index contributed by atoms with van der Waals surface area (Å²) in [5.41, 5.74) is -0.267. The van der Waals surface area contributed by atoms with Gasteiger partial charge in [0.1, 0.15) is 5.54 Å². The molecule has 0 spiro atoms. The molecule has 3 fully saturated rings. The van der Waals surface area contributed by atoms with Gasteiger partial charge in [0.05, 0.1) is 6.07 Å². The molecule has 1 saturated heterocycles. The zero-order valence-electron chi connectivity index (χ0n) is 12.2. The molecule has 0 amide bonds. The molecule has 2 aliphatic carbocycles. The van der Waals surface area contributed by atoms with Gasteiger partial charge >= 0.3 is 0 Å². The maximum atomic E-state index is 9.72. The SMILES string of the molecule is CC1CC(C#N)(NC2CCCCCC2)CN1C1CC1. The molecular weight excluding hydrogens is 234 g/mol. The average Bonchev–Trinajstić information content (AvgIpc) is 3.20. The third-order valence-electron chi connectivity index (χ3n) is 5.23. The van der Waals surface area contributed by atoms with Crippen LogP contribution < -0.4 is 5.32 Å². The fourth-order valence-corrected chi connectivity index (χ4v) is 4.08. The molecule has 0 aromatic heterocycles. The Morgan fingerprint density at radius 1 is 1.11 bits per heavy atom. The lowest BCUT2D eigenvalue weighted by molar-refractivity contribution is 0.245. The molecule has 19 heavy (non-hydrogen) atoms. The normalized spacial score (nSPS) is 38.0. The minimum Gasteiger partial charge on any atom is -0.295 e. The van der Waals surface area contributed by atoms with Crippen molar-refractivity contribution in [2.24, 2.45) is 0 Å². The predicted octanol–water partition coefficient (Wildman–Crippen LogP) is 2.82. The molecule has 1 heterocycles. The summed E-state index contributed by atoms with van der Waals surface area (Å²) < 4.78 is 0. The van der Waals surface area contributed by atoms with E-state index in [1.165, 1.54) is 51.4 Å². The van der Waals surface area contributed by atoms with Crippen LogP contribution in [0.15, 0.2) is 0 Å². The Balaban J connectivity index is 1.64. The lowest BCUT2D eigenvalue weighted by Gasteiger charge is -2.29. The van der Waals surface area contributed by atoms with Crippen molar-refractivity contribution in [3.8, 4) is 6.07 Å². The van der Waals surface area contributed by atoms with E-state index in [0.717, 1.165) is 19.0 Å². The van der Waals surface area contributed by atoms with Crippen LogP contribution in [-0.2, 0) is 0 Å². The van der Waals surface area contributed by atoms with Gasteiger partial charge in [-0.15, -0.1) is 0 Å². The summed E-state index contributed by atoms with van der Waals surface area (Å²) in [7, 11) is 0. The molecule has 3 rings (SSSR count). The first-order chi connectivity index (χ1) is 9.22. The highest BCUT2D eigenvalue weighted by Gasteiger charge is 2.48. The van der Waals surface area contributed by atoms with E-state index >= 15 is 0 Å². The van der Waals surface area contributed by atoms with E-state index in [1.807, 2.05) is 0 Å². The van der Waals surface area contributed by atoms with Crippen molar-refractivity contribution in [2.75, 3.05) is 6.54 Å². The van der Waals surface area contributed by atoms with E-state index in [4.69, 9.17) is 0 Å². The Bertz CT molecular complexity index is 349. The summed E-state index contributed by atoms with van der Waals surface area (Å²) in [5, 5.41) is 13.5. The van der Waals surface area contributed by atoms with Gasteiger partial charge in [-0.05, 0) is 39.0 Å². The first-order valence-electron chi connectivity index (χ1n) is 8.17. The minimum atomic E-state index is -0.267. The van der Waals surface area contributed by atoms with Crippen LogP contribution in [0, 0.1) is 11.3 Å². The van der Waals surface area contributed by atoms with Gasteiger partial charge in [0.15, 0.2) is 0 Å². The maximum absolute atomic E-state index is 9.72. The average molecular weight is 261 g/mol. The third-order valence-corrected chi connectivity index (χ3v) is 5.23. The van der Waals surface area contributed by atoms with Crippen molar-refractivity contribution in [1.29, 1.82) is 5.26 Å². The molecule has 1 N–H and O–H groups in total. The fraction of sp³-hybridized carbons (Fsp3) is 0.938. The molecule has 1 aliphatic heterocycles. The first-order valence-corrected chi connectivity index (χ1v) is 8.17. The third kappa shape index (κ3) is 2.95. The summed E-state index contributed by atoms with van der Waals surface area (Å²) in [5.74, 6) is 0. The number of nitrogens with zero attached hydrogens (tertiary/aromatic N) is 2. The standard InChI is InChI=1S/C16H27N3/c1-13-10-16(11-17,12-19(13)15-8-9-15)18-14-6-4-2-3-5-7-14/h13-15,18H,2-10,12H2,1H3. The van der Waals surface area contributed by atoms with Crippen LogP contribution in [0.2, 0.25) is 0 Å². The molecule has 106 valence electrons. The maximum Gasteiger partial charge on any atom is 0.121 e. The molecule has 3 aliphatic rings. The number of nitrogens with one attached hydrogen (secondary N) is 1. The lowest BCUT2D eigenvalue weighted by atomic mass is 9.95. The lowest BCUT2D eigenvalue weighted by Crippen LogP contribution is -2.51. The van der Waals surface area contributed by atoms with Crippen molar-refractivity contribution in [1.82, 2.24) is 10.2 Å². The van der Waals surface area contributed by atoms with E-state index in [9.17, 15) is 5.26 Å². The van der Waals surface area contributed by atoms with E-state index < -0.39 is 0 Å². The van der Waals surface area contributed by atoms with Gasteiger partial charge in [-0.2, -0.15) is 5.26 Å². The summed E-state index contributed by atoms with van der Waals surface area (Å²) in [6.45, 7) is 3.25. The Morgan fingerprint density at radius 3 is 2.37 bits per heavy atom. The van der Waals surface area contributed by atoms with E-state index in [1.54, 1.807) is 0 Å². The predicted molar refractivity (Wildman–Crippen MR) is 76.8 cm³/mol. The van der Waals surface area contributed by atoms with Crippen molar-refractivity contribution in [3.05, 3.63) is 0 Å². The van der Waals surface area contributed by atoms with Crippen molar-refractivity contribution >= 4 is 0 Å². The van der Waals surface area contributed by atoms with E-state index in [2.05, 4.69) is 23.2 Å². The first kappa shape index (κ1) is 13.4. The number of hydrogen-bond acceptors (Lipinski definition) is 3. The van der Waals surface area contributed by atoms with Gasteiger partial charge < -0.3 is 0 Å². The summed E-state index contributed by atoms with van der Waals surface area (Å²) >= 11 is 0. The van der Waals surface area contributed by atoms with Crippen LogP contribution in [0.1, 0.15) is 64.7 Å². The van der Waals surface area contributed by atoms with E-state index in [0.29, 0.717) is 12.1 Å². The summed E-state index contributed by atoms with van der Waals surface area (Å²) in [6, 6.07) is 4.57. The number of nitriles is 1. The van der Waals surface area contributed by atoms with Crippen molar-refractivity contribution in [3.63, 3.8) is 0 Å². The second kappa shape index (κ2) is 5.42. The number of hydrogen-bond donors (Lipinski definition) is 1. The molecule has 2 saturated carbocycles. The van der Waals surface area contributed by atoms with Crippen molar-refractivity contribution in [2.45, 2.75) is 88.4 Å². The van der Waals surface area contributed by atoms with E-state index in [-0.39, 0.29) is 5.54 Å². The van der Waals surface area contributed by atoms with Crippen LogP contribution in [0.25, 0.3) is 0 Å². The zero-order valence-corrected chi connectivity index (χ0v) is 12.2. The molecule has 3 heteroatoms. The molecule has 2 unspecified atom stereocenters. The van der Waals surface area contributed by atoms with Crippen LogP contribution in [-0.4, -0.2) is 35.1 Å². The van der Waals surface area contributed by atoms with Crippen LogP contribution in [0.4, 0.5) is 0 Å². The molecule has 0 bridgehead atoms. The van der Waals surface area contributed by atoms with Crippen LogP contribution in [0.3, 0.4) is 0 Å². The monoisotopic (exact) mass is 261 g/mol. The second-order valence-corrected chi connectivity index (χ2v) is 6.98. The molecular formula is C16H27N3. The Labute approximate surface area is 117 Å². The van der Waals surface area contributed by atoms with Gasteiger partial charge in [-0.1, -0.05) is 25.7 Å². The Hall–Kier alpha value is -0.590. The fourth-order valence-electron chi connectivity index (χ4n) is 4.08. The molecule has 0 aromatic carbocycles. The second-order valence-electron chi connectivity index (χ2n) is 6.98. The smallest absolute Gasteiger partial charge is 0.121 e. The highest BCUT2D eigenvalue weighted by molar-refractivity contribution is 5.17.